The van der Waals surface area contributed by atoms with E-state index in [1.165, 1.54) is 0 Å². The Morgan fingerprint density at radius 1 is 1.27 bits per heavy atom. The third-order valence-corrected chi connectivity index (χ3v) is 4.57. The largest absolute Gasteiger partial charge is 0.486 e. The van der Waals surface area contributed by atoms with Gasteiger partial charge in [0.25, 0.3) is 0 Å². The number of carboxylic acids is 2. The summed E-state index contributed by atoms with van der Waals surface area (Å²) in [6.07, 6.45) is -0.00955. The molecule has 0 bridgehead atoms. The predicted molar refractivity (Wildman–Crippen MR) is 110 cm³/mol. The molecule has 1 aliphatic rings. The van der Waals surface area contributed by atoms with E-state index < -0.39 is 11.9 Å². The third-order valence-electron chi connectivity index (χ3n) is 4.15. The van der Waals surface area contributed by atoms with Crippen molar-refractivity contribution >= 4 is 23.5 Å². The quantitative estimate of drug-likeness (QED) is 0.587. The molecule has 1 atom stereocenters. The number of carbonyl (C=O) groups is 2. The summed E-state index contributed by atoms with van der Waals surface area (Å²) in [6.45, 7) is 9.05. The number of nitrogens with one attached hydrogen (secondary N) is 1. The van der Waals surface area contributed by atoms with E-state index in [2.05, 4.69) is 24.3 Å². The number of hydrogen-bond acceptors (Lipinski definition) is 6. The molecule has 9 nitrogen and oxygen atoms in total. The number of benzene rings is 1. The fourth-order valence-electron chi connectivity index (χ4n) is 2.78. The molecule has 2 heterocycles. The smallest absolute Gasteiger partial charge is 0.414 e. The van der Waals surface area contributed by atoms with Crippen LogP contribution in [0.15, 0.2) is 24.3 Å². The minimum Gasteiger partial charge on any atom is -0.486 e. The van der Waals surface area contributed by atoms with Crippen molar-refractivity contribution in [3.63, 3.8) is 0 Å². The molecule has 2 aromatic rings. The normalized spacial score (nSPS) is 14.8. The Bertz CT molecular complexity index is 871. The van der Waals surface area contributed by atoms with Crippen LogP contribution in [-0.2, 0) is 22.7 Å². The number of fused-ring (bicyclic) bond motifs is 1. The summed E-state index contributed by atoms with van der Waals surface area (Å²) >= 11 is 6.47. The second-order valence-corrected chi connectivity index (χ2v) is 7.53. The average Bonchev–Trinajstić information content (AvgIpc) is 2.95. The van der Waals surface area contributed by atoms with Gasteiger partial charge in [-0.1, -0.05) is 37.6 Å². The summed E-state index contributed by atoms with van der Waals surface area (Å²) in [4.78, 5) is 18.2. The molecule has 1 aromatic heterocycles. The van der Waals surface area contributed by atoms with Gasteiger partial charge >= 0.3 is 11.9 Å². The Morgan fingerprint density at radius 2 is 1.90 bits per heavy atom. The summed E-state index contributed by atoms with van der Waals surface area (Å²) in [5.41, 5.74) is 2.02. The number of rotatable bonds is 6. The monoisotopic (exact) mass is 439 g/mol. The lowest BCUT2D eigenvalue weighted by atomic mass is 10.2. The van der Waals surface area contributed by atoms with Crippen molar-refractivity contribution in [3.8, 4) is 11.5 Å². The molecule has 0 aliphatic carbocycles. The van der Waals surface area contributed by atoms with Crippen LogP contribution in [0.3, 0.4) is 0 Å². The topological polar surface area (TPSA) is 123 Å². The molecule has 0 spiro atoms. The molecule has 0 saturated carbocycles. The molecular formula is C20H26ClN3O6. The lowest BCUT2D eigenvalue weighted by Gasteiger charge is -2.26. The van der Waals surface area contributed by atoms with Crippen LogP contribution in [-0.4, -0.2) is 51.2 Å². The highest BCUT2D eigenvalue weighted by atomic mass is 35.5. The summed E-state index contributed by atoms with van der Waals surface area (Å²) in [6, 6.07) is 7.74. The number of aliphatic carboxylic acids is 2. The zero-order chi connectivity index (χ0) is 22.3. The number of carboxylic acid groups (broad SMARTS) is 2. The number of aromatic nitrogens is 2. The van der Waals surface area contributed by atoms with Crippen LogP contribution >= 0.6 is 11.6 Å². The van der Waals surface area contributed by atoms with E-state index in [-0.39, 0.29) is 6.10 Å². The molecule has 1 unspecified atom stereocenters. The molecule has 3 rings (SSSR count). The second-order valence-electron chi connectivity index (χ2n) is 7.17. The van der Waals surface area contributed by atoms with Gasteiger partial charge in [0.15, 0.2) is 11.5 Å². The Morgan fingerprint density at radius 3 is 2.50 bits per heavy atom. The molecule has 0 fully saturated rings. The Labute approximate surface area is 179 Å². The van der Waals surface area contributed by atoms with Gasteiger partial charge in [-0.3, -0.25) is 4.68 Å². The van der Waals surface area contributed by atoms with E-state index in [0.29, 0.717) is 25.6 Å². The predicted octanol–water partition coefficient (Wildman–Crippen LogP) is 2.59. The molecule has 10 heteroatoms. The average molecular weight is 440 g/mol. The van der Waals surface area contributed by atoms with Gasteiger partial charge in [0.1, 0.15) is 17.9 Å². The van der Waals surface area contributed by atoms with E-state index in [4.69, 9.17) is 40.9 Å². The molecule has 1 aromatic carbocycles. The van der Waals surface area contributed by atoms with E-state index in [0.717, 1.165) is 34.5 Å². The maximum atomic E-state index is 9.10. The van der Waals surface area contributed by atoms with Crippen molar-refractivity contribution in [2.45, 2.75) is 40.0 Å². The van der Waals surface area contributed by atoms with Crippen molar-refractivity contribution in [3.05, 3.63) is 40.7 Å². The van der Waals surface area contributed by atoms with Crippen LogP contribution in [0.25, 0.3) is 0 Å². The van der Waals surface area contributed by atoms with Gasteiger partial charge in [-0.2, -0.15) is 5.10 Å². The van der Waals surface area contributed by atoms with Crippen molar-refractivity contribution in [1.29, 1.82) is 0 Å². The van der Waals surface area contributed by atoms with Gasteiger partial charge in [0.05, 0.1) is 5.69 Å². The number of nitrogens with zero attached hydrogens (tertiary/aromatic N) is 2. The van der Waals surface area contributed by atoms with Crippen molar-refractivity contribution in [2.75, 3.05) is 13.2 Å². The SMILES string of the molecule is Cc1nn(CC(C)C)c(Cl)c1CNCC1COc2ccccc2O1.O=C(O)C(=O)O. The highest BCUT2D eigenvalue weighted by Gasteiger charge is 2.21. The van der Waals surface area contributed by atoms with Crippen molar-refractivity contribution in [1.82, 2.24) is 15.1 Å². The summed E-state index contributed by atoms with van der Waals surface area (Å²) in [7, 11) is 0. The van der Waals surface area contributed by atoms with E-state index >= 15 is 0 Å². The highest BCUT2D eigenvalue weighted by Crippen LogP contribution is 2.30. The zero-order valence-corrected chi connectivity index (χ0v) is 17.8. The second kappa shape index (κ2) is 10.8. The zero-order valence-electron chi connectivity index (χ0n) is 17.1. The molecule has 0 amide bonds. The maximum absolute atomic E-state index is 9.10. The summed E-state index contributed by atoms with van der Waals surface area (Å²) < 4.78 is 13.6. The molecule has 1 aliphatic heterocycles. The van der Waals surface area contributed by atoms with Crippen LogP contribution in [0.1, 0.15) is 25.1 Å². The van der Waals surface area contributed by atoms with Crippen LogP contribution in [0.2, 0.25) is 5.15 Å². The van der Waals surface area contributed by atoms with Crippen molar-refractivity contribution in [2.24, 2.45) is 5.92 Å². The molecule has 30 heavy (non-hydrogen) atoms. The van der Waals surface area contributed by atoms with Gasteiger partial charge in [-0.05, 0) is 25.0 Å². The lowest BCUT2D eigenvalue weighted by molar-refractivity contribution is -0.159. The molecule has 3 N–H and O–H groups in total. The first-order valence-electron chi connectivity index (χ1n) is 9.46. The Balaban J connectivity index is 0.000000469. The Hall–Kier alpha value is -2.78. The lowest BCUT2D eigenvalue weighted by Crippen LogP contribution is -2.38. The minimum absolute atomic E-state index is 0.00955. The number of para-hydroxylation sites is 2. The number of hydrogen-bond donors (Lipinski definition) is 3. The standard InChI is InChI=1S/C18H24ClN3O2.C2H2O4/c1-12(2)10-22-18(19)15(13(3)21-22)9-20-8-14-11-23-16-6-4-5-7-17(16)24-14;3-1(4)2(5)6/h4-7,12,14,20H,8-11H2,1-3H3;(H,3,4)(H,5,6). The van der Waals surface area contributed by atoms with Crippen LogP contribution in [0.4, 0.5) is 0 Å². The van der Waals surface area contributed by atoms with Crippen LogP contribution < -0.4 is 14.8 Å². The van der Waals surface area contributed by atoms with Gasteiger partial charge in [-0.15, -0.1) is 0 Å². The molecule has 0 saturated heterocycles. The number of ether oxygens (including phenoxy) is 2. The number of halogens is 1. The molecular weight excluding hydrogens is 414 g/mol. The number of aryl methyl sites for hydroxylation is 1. The van der Waals surface area contributed by atoms with E-state index in [1.54, 1.807) is 0 Å². The Kier molecular flexibility index (Phi) is 8.49. The first-order valence-corrected chi connectivity index (χ1v) is 9.84. The van der Waals surface area contributed by atoms with Gasteiger partial charge < -0.3 is 25.0 Å². The van der Waals surface area contributed by atoms with Crippen LogP contribution in [0.5, 0.6) is 11.5 Å². The van der Waals surface area contributed by atoms with Gasteiger partial charge in [-0.25, -0.2) is 9.59 Å². The third kappa shape index (κ3) is 6.64. The van der Waals surface area contributed by atoms with E-state index in [1.807, 2.05) is 35.9 Å². The molecule has 164 valence electrons. The van der Waals surface area contributed by atoms with Gasteiger partial charge in [0, 0.05) is 25.2 Å². The minimum atomic E-state index is -1.82. The fourth-order valence-corrected chi connectivity index (χ4v) is 3.09. The highest BCUT2D eigenvalue weighted by molar-refractivity contribution is 6.30. The maximum Gasteiger partial charge on any atom is 0.414 e. The van der Waals surface area contributed by atoms with E-state index in [9.17, 15) is 0 Å². The fraction of sp³-hybridized carbons (Fsp3) is 0.450. The first kappa shape index (κ1) is 23.5. The summed E-state index contributed by atoms with van der Waals surface area (Å²) in [5, 5.41) is 23.4. The molecule has 0 radical (unpaired) electrons. The first-order chi connectivity index (χ1) is 14.2. The summed E-state index contributed by atoms with van der Waals surface area (Å²) in [5.74, 6) is -1.53. The van der Waals surface area contributed by atoms with Crippen LogP contribution in [0, 0.1) is 12.8 Å². The van der Waals surface area contributed by atoms with Gasteiger partial charge in [0.2, 0.25) is 0 Å². The van der Waals surface area contributed by atoms with Crippen molar-refractivity contribution < 1.29 is 29.3 Å².